The topological polar surface area (TPSA) is 23.6 Å². The Balaban J connectivity index is 2.12. The van der Waals surface area contributed by atoms with Gasteiger partial charge in [0.2, 0.25) is 5.91 Å². The standard InChI is InChI=1S/C13H26N2O/c1-3-4-9-14(2)13(16)8-12-15-10-6-5-7-11-15/h3-12H2,1-2H3. The Morgan fingerprint density at radius 2 is 1.94 bits per heavy atom. The lowest BCUT2D eigenvalue weighted by atomic mass is 10.1. The fourth-order valence-electron chi connectivity index (χ4n) is 2.15. The zero-order chi connectivity index (χ0) is 11.8. The molecule has 3 nitrogen and oxygen atoms in total. The summed E-state index contributed by atoms with van der Waals surface area (Å²) in [7, 11) is 1.92. The minimum Gasteiger partial charge on any atom is -0.346 e. The van der Waals surface area contributed by atoms with Crippen molar-refractivity contribution in [3.8, 4) is 0 Å². The highest BCUT2D eigenvalue weighted by Crippen LogP contribution is 2.09. The van der Waals surface area contributed by atoms with E-state index in [0.717, 1.165) is 25.9 Å². The molecule has 0 spiro atoms. The first kappa shape index (κ1) is 13.5. The predicted octanol–water partition coefficient (Wildman–Crippen LogP) is 2.12. The number of unbranched alkanes of at least 4 members (excludes halogenated alkanes) is 1. The lowest BCUT2D eigenvalue weighted by Gasteiger charge is -2.27. The van der Waals surface area contributed by atoms with Crippen molar-refractivity contribution in [1.82, 2.24) is 9.80 Å². The second-order valence-corrected chi connectivity index (χ2v) is 4.82. The second-order valence-electron chi connectivity index (χ2n) is 4.82. The second kappa shape index (κ2) is 7.66. The van der Waals surface area contributed by atoms with Crippen LogP contribution < -0.4 is 0 Å². The van der Waals surface area contributed by atoms with Crippen LogP contribution in [0.1, 0.15) is 45.4 Å². The van der Waals surface area contributed by atoms with Gasteiger partial charge in [-0.15, -0.1) is 0 Å². The summed E-state index contributed by atoms with van der Waals surface area (Å²) in [4.78, 5) is 16.1. The van der Waals surface area contributed by atoms with Crippen LogP contribution in [0, 0.1) is 0 Å². The Bertz CT molecular complexity index is 200. The van der Waals surface area contributed by atoms with Crippen molar-refractivity contribution in [2.24, 2.45) is 0 Å². The highest BCUT2D eigenvalue weighted by Gasteiger charge is 2.13. The van der Waals surface area contributed by atoms with Gasteiger partial charge < -0.3 is 9.80 Å². The van der Waals surface area contributed by atoms with Gasteiger partial charge in [-0.2, -0.15) is 0 Å². The summed E-state index contributed by atoms with van der Waals surface area (Å²) < 4.78 is 0. The molecule has 0 aromatic rings. The molecule has 16 heavy (non-hydrogen) atoms. The molecule has 0 saturated carbocycles. The maximum atomic E-state index is 11.8. The average Bonchev–Trinajstić information content (AvgIpc) is 2.34. The molecule has 0 radical (unpaired) electrons. The Morgan fingerprint density at radius 3 is 2.56 bits per heavy atom. The normalized spacial score (nSPS) is 17.4. The molecular formula is C13H26N2O. The molecule has 0 aromatic carbocycles. The highest BCUT2D eigenvalue weighted by molar-refractivity contribution is 5.76. The summed E-state index contributed by atoms with van der Waals surface area (Å²) >= 11 is 0. The molecule has 0 aliphatic carbocycles. The van der Waals surface area contributed by atoms with Gasteiger partial charge in [-0.25, -0.2) is 0 Å². The van der Waals surface area contributed by atoms with Crippen LogP contribution in [0.25, 0.3) is 0 Å². The molecule has 0 N–H and O–H groups in total. The Morgan fingerprint density at radius 1 is 1.25 bits per heavy atom. The Hall–Kier alpha value is -0.570. The van der Waals surface area contributed by atoms with Crippen LogP contribution >= 0.6 is 0 Å². The van der Waals surface area contributed by atoms with Crippen molar-refractivity contribution in [2.75, 3.05) is 33.2 Å². The quantitative estimate of drug-likeness (QED) is 0.692. The van der Waals surface area contributed by atoms with E-state index in [-0.39, 0.29) is 0 Å². The lowest BCUT2D eigenvalue weighted by molar-refractivity contribution is -0.130. The summed E-state index contributed by atoms with van der Waals surface area (Å²) in [5.41, 5.74) is 0. The van der Waals surface area contributed by atoms with Gasteiger partial charge in [0, 0.05) is 26.6 Å². The van der Waals surface area contributed by atoms with Gasteiger partial charge in [0.15, 0.2) is 0 Å². The fourth-order valence-corrected chi connectivity index (χ4v) is 2.15. The van der Waals surface area contributed by atoms with Gasteiger partial charge >= 0.3 is 0 Å². The molecule has 1 amide bonds. The number of carbonyl (C=O) groups is 1. The number of carbonyl (C=O) groups excluding carboxylic acids is 1. The van der Waals surface area contributed by atoms with E-state index in [1.807, 2.05) is 11.9 Å². The van der Waals surface area contributed by atoms with Crippen molar-refractivity contribution in [3.63, 3.8) is 0 Å². The molecule has 1 heterocycles. The van der Waals surface area contributed by atoms with Crippen molar-refractivity contribution in [1.29, 1.82) is 0 Å². The largest absolute Gasteiger partial charge is 0.346 e. The van der Waals surface area contributed by atoms with E-state index < -0.39 is 0 Å². The summed E-state index contributed by atoms with van der Waals surface area (Å²) in [5.74, 6) is 0.305. The summed E-state index contributed by atoms with van der Waals surface area (Å²) in [6.45, 7) is 6.40. The Labute approximate surface area is 99.8 Å². The molecule has 1 rings (SSSR count). The molecule has 0 atom stereocenters. The zero-order valence-corrected chi connectivity index (χ0v) is 10.9. The summed E-state index contributed by atoms with van der Waals surface area (Å²) in [6.07, 6.45) is 6.94. The van der Waals surface area contributed by atoms with Crippen LogP contribution in [-0.2, 0) is 4.79 Å². The number of hydrogen-bond donors (Lipinski definition) is 0. The Kier molecular flexibility index (Phi) is 6.46. The van der Waals surface area contributed by atoms with Gasteiger partial charge in [-0.1, -0.05) is 19.8 Å². The molecule has 1 aliphatic rings. The molecule has 0 unspecified atom stereocenters. The van der Waals surface area contributed by atoms with Crippen molar-refractivity contribution in [3.05, 3.63) is 0 Å². The molecule has 94 valence electrons. The van der Waals surface area contributed by atoms with Gasteiger partial charge in [0.05, 0.1) is 0 Å². The van der Waals surface area contributed by atoms with E-state index in [9.17, 15) is 4.79 Å². The van der Waals surface area contributed by atoms with Crippen LogP contribution in [0.2, 0.25) is 0 Å². The van der Waals surface area contributed by atoms with E-state index in [0.29, 0.717) is 12.3 Å². The van der Waals surface area contributed by atoms with E-state index in [4.69, 9.17) is 0 Å². The van der Waals surface area contributed by atoms with Crippen molar-refractivity contribution >= 4 is 5.91 Å². The number of hydrogen-bond acceptors (Lipinski definition) is 2. The van der Waals surface area contributed by atoms with Crippen LogP contribution in [0.3, 0.4) is 0 Å². The first-order valence-corrected chi connectivity index (χ1v) is 6.70. The highest BCUT2D eigenvalue weighted by atomic mass is 16.2. The van der Waals surface area contributed by atoms with E-state index in [1.165, 1.54) is 32.4 Å². The number of piperidine rings is 1. The average molecular weight is 226 g/mol. The third-order valence-electron chi connectivity index (χ3n) is 3.36. The van der Waals surface area contributed by atoms with Gasteiger partial charge in [-0.3, -0.25) is 4.79 Å². The molecule has 0 bridgehead atoms. The molecule has 1 saturated heterocycles. The molecule has 0 aromatic heterocycles. The maximum absolute atomic E-state index is 11.8. The number of likely N-dealkylation sites (tertiary alicyclic amines) is 1. The van der Waals surface area contributed by atoms with E-state index in [2.05, 4.69) is 11.8 Å². The van der Waals surface area contributed by atoms with Crippen LogP contribution in [0.5, 0.6) is 0 Å². The molecule has 3 heteroatoms. The van der Waals surface area contributed by atoms with Crippen LogP contribution in [0.15, 0.2) is 0 Å². The fraction of sp³-hybridized carbons (Fsp3) is 0.923. The molecule has 1 fully saturated rings. The molecular weight excluding hydrogens is 200 g/mol. The SMILES string of the molecule is CCCCN(C)C(=O)CCN1CCCCC1. The van der Waals surface area contributed by atoms with Gasteiger partial charge in [-0.05, 0) is 32.4 Å². The minimum atomic E-state index is 0.305. The van der Waals surface area contributed by atoms with Crippen molar-refractivity contribution < 1.29 is 4.79 Å². The zero-order valence-electron chi connectivity index (χ0n) is 10.9. The minimum absolute atomic E-state index is 0.305. The maximum Gasteiger partial charge on any atom is 0.223 e. The van der Waals surface area contributed by atoms with Gasteiger partial charge in [0.1, 0.15) is 0 Å². The van der Waals surface area contributed by atoms with Crippen molar-refractivity contribution in [2.45, 2.75) is 45.4 Å². The van der Waals surface area contributed by atoms with E-state index >= 15 is 0 Å². The third kappa shape index (κ3) is 4.97. The van der Waals surface area contributed by atoms with Crippen LogP contribution in [-0.4, -0.2) is 48.9 Å². The number of rotatable bonds is 6. The smallest absolute Gasteiger partial charge is 0.223 e. The summed E-state index contributed by atoms with van der Waals surface area (Å²) in [5, 5.41) is 0. The number of nitrogens with zero attached hydrogens (tertiary/aromatic N) is 2. The van der Waals surface area contributed by atoms with Gasteiger partial charge in [0.25, 0.3) is 0 Å². The van der Waals surface area contributed by atoms with Crippen LogP contribution in [0.4, 0.5) is 0 Å². The van der Waals surface area contributed by atoms with E-state index in [1.54, 1.807) is 0 Å². The monoisotopic (exact) mass is 226 g/mol. The predicted molar refractivity (Wildman–Crippen MR) is 67.5 cm³/mol. The lowest BCUT2D eigenvalue weighted by Crippen LogP contribution is -2.35. The third-order valence-corrected chi connectivity index (χ3v) is 3.36. The summed E-state index contributed by atoms with van der Waals surface area (Å²) in [6, 6.07) is 0. The molecule has 1 aliphatic heterocycles. The first-order chi connectivity index (χ1) is 7.74. The first-order valence-electron chi connectivity index (χ1n) is 6.70. The number of amides is 1.